The predicted octanol–water partition coefficient (Wildman–Crippen LogP) is 3.79. The topological polar surface area (TPSA) is 71.8 Å². The summed E-state index contributed by atoms with van der Waals surface area (Å²) in [5.41, 5.74) is 1.76. The van der Waals surface area contributed by atoms with E-state index in [1.165, 1.54) is 0 Å². The lowest BCUT2D eigenvalue weighted by Crippen LogP contribution is -2.42. The molecule has 1 aliphatic carbocycles. The summed E-state index contributed by atoms with van der Waals surface area (Å²) in [6.07, 6.45) is 3.70. The molecule has 4 rings (SSSR count). The highest BCUT2D eigenvalue weighted by molar-refractivity contribution is 6.15. The molecule has 0 spiro atoms. The number of anilines is 1. The second kappa shape index (κ2) is 7.02. The Balaban J connectivity index is 1.49. The van der Waals surface area contributed by atoms with Crippen LogP contribution < -0.4 is 10.1 Å². The van der Waals surface area contributed by atoms with E-state index in [9.17, 15) is 8.78 Å². The Morgan fingerprint density at radius 1 is 1.15 bits per heavy atom. The fraction of sp³-hybridized carbons (Fsp3) is 0.368. The summed E-state index contributed by atoms with van der Waals surface area (Å²) in [7, 11) is 1.65. The molecule has 6 nitrogen and oxygen atoms in total. The van der Waals surface area contributed by atoms with Crippen LogP contribution in [0.4, 0.5) is 14.7 Å². The Kier molecular flexibility index (Phi) is 4.55. The molecule has 1 fully saturated rings. The van der Waals surface area contributed by atoms with Crippen molar-refractivity contribution in [3.63, 3.8) is 0 Å². The van der Waals surface area contributed by atoms with E-state index >= 15 is 0 Å². The highest BCUT2D eigenvalue weighted by atomic mass is 19.3. The Morgan fingerprint density at radius 2 is 1.93 bits per heavy atom. The molecule has 2 heterocycles. The number of alkyl halides is 2. The Labute approximate surface area is 155 Å². The number of rotatable bonds is 6. The molecule has 0 radical (unpaired) electrons. The lowest BCUT2D eigenvalue weighted by molar-refractivity contribution is 0.224. The molecule has 1 aliphatic heterocycles. The van der Waals surface area contributed by atoms with Gasteiger partial charge >= 0.3 is 0 Å². The second-order valence-electron chi connectivity index (χ2n) is 6.70. The van der Waals surface area contributed by atoms with Crippen LogP contribution in [-0.4, -0.2) is 34.9 Å². The molecule has 2 aliphatic rings. The number of nitrogens with one attached hydrogen (secondary N) is 1. The summed E-state index contributed by atoms with van der Waals surface area (Å²) < 4.78 is 30.7. The van der Waals surface area contributed by atoms with Crippen LogP contribution >= 0.6 is 0 Å². The third-order valence-corrected chi connectivity index (χ3v) is 5.07. The van der Waals surface area contributed by atoms with Crippen molar-refractivity contribution in [1.29, 1.82) is 0 Å². The van der Waals surface area contributed by atoms with Crippen LogP contribution in [0.3, 0.4) is 0 Å². The molecule has 0 amide bonds. The maximum atomic E-state index is 12.7. The number of hydrogen-bond donors (Lipinski definition) is 1. The molecule has 0 saturated heterocycles. The van der Waals surface area contributed by atoms with Crippen molar-refractivity contribution in [2.75, 3.05) is 12.4 Å². The smallest absolute Gasteiger partial charge is 0.278 e. The Hall–Kier alpha value is -2.90. The molecule has 1 saturated carbocycles. The zero-order valence-corrected chi connectivity index (χ0v) is 14.8. The van der Waals surface area contributed by atoms with Crippen LogP contribution in [0.5, 0.6) is 5.75 Å². The zero-order chi connectivity index (χ0) is 18.9. The zero-order valence-electron chi connectivity index (χ0n) is 14.8. The van der Waals surface area contributed by atoms with Crippen molar-refractivity contribution in [3.05, 3.63) is 47.8 Å². The molecule has 0 unspecified atom stereocenters. The Morgan fingerprint density at radius 3 is 2.52 bits per heavy atom. The molecule has 1 N–H and O–H groups in total. The highest BCUT2D eigenvalue weighted by Gasteiger charge is 2.39. The minimum atomic E-state index is -2.59. The van der Waals surface area contributed by atoms with Crippen molar-refractivity contribution >= 4 is 17.4 Å². The molecule has 2 aromatic rings. The van der Waals surface area contributed by atoms with Gasteiger partial charge in [0.2, 0.25) is 5.95 Å². The second-order valence-corrected chi connectivity index (χ2v) is 6.70. The van der Waals surface area contributed by atoms with Gasteiger partial charge in [0, 0.05) is 24.4 Å². The van der Waals surface area contributed by atoms with Crippen LogP contribution in [0.1, 0.15) is 36.8 Å². The number of hydrogen-bond acceptors (Lipinski definition) is 6. The van der Waals surface area contributed by atoms with Gasteiger partial charge in [-0.15, -0.1) is 0 Å². The monoisotopic (exact) mass is 371 g/mol. The fourth-order valence-electron chi connectivity index (χ4n) is 3.34. The molecule has 0 bridgehead atoms. The van der Waals surface area contributed by atoms with Crippen LogP contribution in [0.25, 0.3) is 0 Å². The van der Waals surface area contributed by atoms with Crippen molar-refractivity contribution in [1.82, 2.24) is 9.97 Å². The van der Waals surface area contributed by atoms with Gasteiger partial charge < -0.3 is 10.1 Å². The van der Waals surface area contributed by atoms with Crippen LogP contribution in [0.2, 0.25) is 0 Å². The summed E-state index contributed by atoms with van der Waals surface area (Å²) in [6, 6.07) is 7.98. The van der Waals surface area contributed by atoms with E-state index < -0.39 is 6.43 Å². The van der Waals surface area contributed by atoms with Gasteiger partial charge in [0.25, 0.3) is 6.43 Å². The molecule has 140 valence electrons. The predicted molar refractivity (Wildman–Crippen MR) is 98.8 cm³/mol. The first-order chi connectivity index (χ1) is 13.1. The number of ether oxygens (including phenoxy) is 1. The molecule has 1 aromatic carbocycles. The van der Waals surface area contributed by atoms with Crippen molar-refractivity contribution in [2.45, 2.75) is 37.6 Å². The molecule has 8 heteroatoms. The first kappa shape index (κ1) is 17.5. The summed E-state index contributed by atoms with van der Waals surface area (Å²) in [5.74, 6) is 1.31. The lowest BCUT2D eigenvalue weighted by atomic mass is 9.72. The quantitative estimate of drug-likeness (QED) is 0.839. The summed E-state index contributed by atoms with van der Waals surface area (Å²) >= 11 is 0. The largest absolute Gasteiger partial charge is 0.497 e. The van der Waals surface area contributed by atoms with E-state index in [4.69, 9.17) is 4.74 Å². The van der Waals surface area contributed by atoms with Crippen molar-refractivity contribution in [3.8, 4) is 5.75 Å². The number of methoxy groups -OCH3 is 1. The van der Waals surface area contributed by atoms with E-state index in [0.717, 1.165) is 30.6 Å². The number of halogens is 2. The van der Waals surface area contributed by atoms with Crippen LogP contribution in [-0.2, 0) is 5.54 Å². The average molecular weight is 371 g/mol. The van der Waals surface area contributed by atoms with Gasteiger partial charge in [-0.2, -0.15) is 10.2 Å². The van der Waals surface area contributed by atoms with E-state index in [1.807, 2.05) is 18.2 Å². The number of aromatic nitrogens is 2. The molecular formula is C19H19F2N5O. The third kappa shape index (κ3) is 3.39. The lowest BCUT2D eigenvalue weighted by Gasteiger charge is -2.43. The minimum Gasteiger partial charge on any atom is -0.497 e. The van der Waals surface area contributed by atoms with E-state index in [0.29, 0.717) is 17.2 Å². The normalized spacial score (nSPS) is 17.9. The van der Waals surface area contributed by atoms with Crippen molar-refractivity contribution in [2.24, 2.45) is 10.2 Å². The maximum absolute atomic E-state index is 12.7. The van der Waals surface area contributed by atoms with Crippen molar-refractivity contribution < 1.29 is 13.5 Å². The summed E-state index contributed by atoms with van der Waals surface area (Å²) in [6.45, 7) is 0. The van der Waals surface area contributed by atoms with Gasteiger partial charge in [-0.1, -0.05) is 12.1 Å². The fourth-order valence-corrected chi connectivity index (χ4v) is 3.34. The van der Waals surface area contributed by atoms with E-state index in [2.05, 4.69) is 31.6 Å². The van der Waals surface area contributed by atoms with Crippen LogP contribution in [0.15, 0.2) is 46.9 Å². The third-order valence-electron chi connectivity index (χ3n) is 5.07. The van der Waals surface area contributed by atoms with E-state index in [-0.39, 0.29) is 17.7 Å². The SMILES string of the molecule is COc1cccc(C2(Nc3ncc(C4=NN=C(C(F)F)C4)cn3)CCC2)c1. The molecule has 1 aromatic heterocycles. The minimum absolute atomic E-state index is 0.0293. The van der Waals surface area contributed by atoms with Crippen LogP contribution in [0, 0.1) is 0 Å². The maximum Gasteiger partial charge on any atom is 0.278 e. The molecule has 0 atom stereocenters. The van der Waals surface area contributed by atoms with Gasteiger partial charge in [0.15, 0.2) is 0 Å². The molecular weight excluding hydrogens is 352 g/mol. The first-order valence-corrected chi connectivity index (χ1v) is 8.76. The number of benzene rings is 1. The van der Waals surface area contributed by atoms with Gasteiger partial charge in [-0.05, 0) is 37.0 Å². The standard InChI is InChI=1S/C19H19F2N5O/c1-27-14-5-2-4-13(8-14)19(6-3-7-19)24-18-22-10-12(11-23-18)15-9-16(17(20)21)26-25-15/h2,4-5,8,10-11,17H,3,6-7,9H2,1H3,(H,22,23,24). The van der Waals surface area contributed by atoms with E-state index in [1.54, 1.807) is 19.5 Å². The Bertz CT molecular complexity index is 891. The van der Waals surface area contributed by atoms with Gasteiger partial charge in [0.1, 0.15) is 11.5 Å². The first-order valence-electron chi connectivity index (χ1n) is 8.76. The molecule has 27 heavy (non-hydrogen) atoms. The van der Waals surface area contributed by atoms with Gasteiger partial charge in [0.05, 0.1) is 18.4 Å². The van der Waals surface area contributed by atoms with Gasteiger partial charge in [-0.25, -0.2) is 18.7 Å². The summed E-state index contributed by atoms with van der Waals surface area (Å²) in [4.78, 5) is 8.71. The van der Waals surface area contributed by atoms with Gasteiger partial charge in [-0.3, -0.25) is 0 Å². The average Bonchev–Trinajstić information content (AvgIpc) is 3.16. The summed E-state index contributed by atoms with van der Waals surface area (Å²) in [5, 5.41) is 10.8. The highest BCUT2D eigenvalue weighted by Crippen LogP contribution is 2.44. The number of nitrogens with zero attached hydrogens (tertiary/aromatic N) is 4.